The lowest BCUT2D eigenvalue weighted by Crippen LogP contribution is -2.36. The number of morpholine rings is 1. The monoisotopic (exact) mass is 430 g/mol. The fourth-order valence-electron chi connectivity index (χ4n) is 3.52. The van der Waals surface area contributed by atoms with E-state index in [4.69, 9.17) is 14.7 Å². The van der Waals surface area contributed by atoms with Gasteiger partial charge in [0.2, 0.25) is 0 Å². The van der Waals surface area contributed by atoms with E-state index < -0.39 is 10.8 Å². The molecule has 0 saturated carbocycles. The summed E-state index contributed by atoms with van der Waals surface area (Å²) in [5.74, 6) is 2.22. The van der Waals surface area contributed by atoms with E-state index >= 15 is 0 Å². The molecule has 0 bridgehead atoms. The molecule has 0 amide bonds. The van der Waals surface area contributed by atoms with E-state index in [2.05, 4.69) is 24.1 Å². The van der Waals surface area contributed by atoms with Gasteiger partial charge in [-0.15, -0.1) is 11.3 Å². The first-order valence-electron chi connectivity index (χ1n) is 9.72. The Morgan fingerprint density at radius 2 is 2.03 bits per heavy atom. The molecule has 2 aromatic heterocycles. The summed E-state index contributed by atoms with van der Waals surface area (Å²) in [5.41, 5.74) is 3.22. The van der Waals surface area contributed by atoms with Crippen LogP contribution in [0.5, 0.6) is 0 Å². The molecule has 8 heteroatoms. The maximum Gasteiger partial charge on any atom is 0.146 e. The number of hydrogen-bond acceptors (Lipinski definition) is 7. The molecule has 1 N–H and O–H groups in total. The van der Waals surface area contributed by atoms with Crippen LogP contribution in [0.4, 0.5) is 11.5 Å². The Morgan fingerprint density at radius 1 is 1.24 bits per heavy atom. The number of thiophene rings is 1. The average Bonchev–Trinajstić information content (AvgIpc) is 2.96. The highest BCUT2D eigenvalue weighted by Crippen LogP contribution is 2.34. The van der Waals surface area contributed by atoms with Crippen LogP contribution in [0.2, 0.25) is 0 Å². The second kappa shape index (κ2) is 8.87. The molecule has 1 aromatic carbocycles. The fourth-order valence-corrected chi connectivity index (χ4v) is 5.22. The van der Waals surface area contributed by atoms with Gasteiger partial charge in [0.25, 0.3) is 0 Å². The summed E-state index contributed by atoms with van der Waals surface area (Å²) in [5, 5.41) is 4.59. The molecule has 154 valence electrons. The van der Waals surface area contributed by atoms with Gasteiger partial charge in [-0.1, -0.05) is 12.1 Å². The average molecular weight is 431 g/mol. The van der Waals surface area contributed by atoms with Gasteiger partial charge in [0, 0.05) is 46.5 Å². The number of benzene rings is 1. The van der Waals surface area contributed by atoms with Gasteiger partial charge in [-0.25, -0.2) is 9.97 Å². The van der Waals surface area contributed by atoms with Gasteiger partial charge in [0.1, 0.15) is 16.5 Å². The highest BCUT2D eigenvalue weighted by atomic mass is 32.2. The Hall–Kier alpha value is -1.87. The molecule has 1 saturated heterocycles. The van der Waals surface area contributed by atoms with Crippen molar-refractivity contribution in [2.45, 2.75) is 26.1 Å². The number of fused-ring (bicyclic) bond motifs is 1. The van der Waals surface area contributed by atoms with Crippen LogP contribution >= 0.6 is 11.3 Å². The minimum absolute atomic E-state index is 0.549. The van der Waals surface area contributed by atoms with Gasteiger partial charge in [0.15, 0.2) is 0 Å². The second-order valence-corrected chi connectivity index (χ2v) is 10.0. The number of nitrogens with zero attached hydrogens (tertiary/aromatic N) is 3. The van der Waals surface area contributed by atoms with Gasteiger partial charge in [0.05, 0.1) is 25.1 Å². The minimum atomic E-state index is -0.869. The lowest BCUT2D eigenvalue weighted by atomic mass is 10.2. The van der Waals surface area contributed by atoms with Crippen molar-refractivity contribution in [3.05, 3.63) is 46.1 Å². The third kappa shape index (κ3) is 4.83. The Labute approximate surface area is 177 Å². The molecule has 4 rings (SSSR count). The van der Waals surface area contributed by atoms with Crippen molar-refractivity contribution in [1.29, 1.82) is 0 Å². The molecular formula is C21H26N4O2S2. The molecule has 0 radical (unpaired) electrons. The molecule has 1 aliphatic heterocycles. The van der Waals surface area contributed by atoms with Crippen molar-refractivity contribution < 1.29 is 8.95 Å². The first-order chi connectivity index (χ1) is 14.0. The first-order valence-corrected chi connectivity index (χ1v) is 12.3. The smallest absolute Gasteiger partial charge is 0.146 e. The predicted molar refractivity (Wildman–Crippen MR) is 120 cm³/mol. The van der Waals surface area contributed by atoms with Crippen molar-refractivity contribution in [2.24, 2.45) is 0 Å². The quantitative estimate of drug-likeness (QED) is 0.642. The Morgan fingerprint density at radius 3 is 2.79 bits per heavy atom. The molecule has 1 aliphatic rings. The molecule has 0 aliphatic carbocycles. The van der Waals surface area contributed by atoms with E-state index in [-0.39, 0.29) is 0 Å². The first kappa shape index (κ1) is 20.4. The second-order valence-electron chi connectivity index (χ2n) is 7.38. The van der Waals surface area contributed by atoms with Gasteiger partial charge < -0.3 is 10.1 Å². The van der Waals surface area contributed by atoms with Crippen molar-refractivity contribution >= 4 is 43.9 Å². The largest absolute Gasteiger partial charge is 0.379 e. The third-order valence-electron chi connectivity index (χ3n) is 5.10. The van der Waals surface area contributed by atoms with Crippen molar-refractivity contribution in [3.63, 3.8) is 0 Å². The molecule has 1 atom stereocenters. The number of rotatable bonds is 6. The van der Waals surface area contributed by atoms with Crippen LogP contribution in [0.15, 0.2) is 24.3 Å². The van der Waals surface area contributed by atoms with Crippen LogP contribution in [-0.2, 0) is 27.8 Å². The topological polar surface area (TPSA) is 67.3 Å². The summed E-state index contributed by atoms with van der Waals surface area (Å²) in [6, 6.07) is 8.06. The van der Waals surface area contributed by atoms with Gasteiger partial charge >= 0.3 is 0 Å². The number of ether oxygens (including phenoxy) is 1. The zero-order chi connectivity index (χ0) is 20.4. The third-order valence-corrected chi connectivity index (χ3v) is 6.94. The number of aryl methyl sites for hydroxylation is 2. The summed E-state index contributed by atoms with van der Waals surface area (Å²) in [4.78, 5) is 14.4. The SMILES string of the molecule is Cc1sc2nc(CN3CCOCC3)nc(Nc3cccc(CS(C)=O)c3)c2c1C. The van der Waals surface area contributed by atoms with Crippen molar-refractivity contribution in [2.75, 3.05) is 37.9 Å². The highest BCUT2D eigenvalue weighted by molar-refractivity contribution is 7.83. The zero-order valence-electron chi connectivity index (χ0n) is 17.0. The van der Waals surface area contributed by atoms with Crippen LogP contribution in [0.25, 0.3) is 10.2 Å². The van der Waals surface area contributed by atoms with E-state index in [9.17, 15) is 4.21 Å². The number of anilines is 2. The number of nitrogens with one attached hydrogen (secondary N) is 1. The summed E-state index contributed by atoms with van der Waals surface area (Å²) < 4.78 is 17.1. The van der Waals surface area contributed by atoms with Crippen LogP contribution in [-0.4, -0.2) is 51.6 Å². The van der Waals surface area contributed by atoms with Crippen LogP contribution in [0, 0.1) is 13.8 Å². The highest BCUT2D eigenvalue weighted by Gasteiger charge is 2.18. The van der Waals surface area contributed by atoms with Gasteiger partial charge in [-0.2, -0.15) is 0 Å². The summed E-state index contributed by atoms with van der Waals surface area (Å²) in [7, 11) is -0.869. The molecule has 1 fully saturated rings. The van der Waals surface area contributed by atoms with Crippen molar-refractivity contribution in [3.8, 4) is 0 Å². The van der Waals surface area contributed by atoms with E-state index in [1.54, 1.807) is 17.6 Å². The minimum Gasteiger partial charge on any atom is -0.379 e. The summed E-state index contributed by atoms with van der Waals surface area (Å²) >= 11 is 1.72. The predicted octanol–water partition coefficient (Wildman–Crippen LogP) is 3.76. The Kier molecular flexibility index (Phi) is 6.24. The van der Waals surface area contributed by atoms with Gasteiger partial charge in [-0.3, -0.25) is 9.11 Å². The normalized spacial score (nSPS) is 16.2. The van der Waals surface area contributed by atoms with E-state index in [1.165, 1.54) is 10.4 Å². The van der Waals surface area contributed by atoms with Crippen LogP contribution < -0.4 is 5.32 Å². The lowest BCUT2D eigenvalue weighted by Gasteiger charge is -2.25. The fraction of sp³-hybridized carbons (Fsp3) is 0.429. The Balaban J connectivity index is 1.68. The van der Waals surface area contributed by atoms with E-state index in [0.29, 0.717) is 5.75 Å². The molecule has 3 heterocycles. The number of aromatic nitrogens is 2. The zero-order valence-corrected chi connectivity index (χ0v) is 18.7. The lowest BCUT2D eigenvalue weighted by molar-refractivity contribution is 0.0331. The van der Waals surface area contributed by atoms with E-state index in [1.807, 2.05) is 24.3 Å². The summed E-state index contributed by atoms with van der Waals surface area (Å²) in [6.07, 6.45) is 1.73. The van der Waals surface area contributed by atoms with Crippen molar-refractivity contribution in [1.82, 2.24) is 14.9 Å². The molecule has 29 heavy (non-hydrogen) atoms. The molecule has 6 nitrogen and oxygen atoms in total. The molecular weight excluding hydrogens is 404 g/mol. The standard InChI is InChI=1S/C21H26N4O2S2/c1-14-15(2)28-21-19(14)20(22-17-6-4-5-16(11-17)13-29(3)26)23-18(24-21)12-25-7-9-27-10-8-25/h4-6,11H,7-10,12-13H2,1-3H3,(H,22,23,24). The molecule has 0 spiro atoms. The van der Waals surface area contributed by atoms with Crippen LogP contribution in [0.1, 0.15) is 21.8 Å². The maximum atomic E-state index is 11.6. The maximum absolute atomic E-state index is 11.6. The molecule has 3 aromatic rings. The van der Waals surface area contributed by atoms with Crippen LogP contribution in [0.3, 0.4) is 0 Å². The molecule has 1 unspecified atom stereocenters. The number of hydrogen-bond donors (Lipinski definition) is 1. The Bertz CT molecular complexity index is 1040. The van der Waals surface area contributed by atoms with E-state index in [0.717, 1.165) is 66.0 Å². The van der Waals surface area contributed by atoms with Gasteiger partial charge in [-0.05, 0) is 37.1 Å². The summed E-state index contributed by atoms with van der Waals surface area (Å²) in [6.45, 7) is 8.31.